The van der Waals surface area contributed by atoms with Crippen LogP contribution >= 0.6 is 0 Å². The Labute approximate surface area is 155 Å². The number of carbonyl (C=O) groups is 3. The van der Waals surface area contributed by atoms with Gasteiger partial charge in [-0.15, -0.1) is 0 Å². The third kappa shape index (κ3) is 1.89. The molecule has 5 nitrogen and oxygen atoms in total. The van der Waals surface area contributed by atoms with Gasteiger partial charge in [-0.05, 0) is 55.8 Å². The van der Waals surface area contributed by atoms with Crippen LogP contribution in [0.3, 0.4) is 0 Å². The van der Waals surface area contributed by atoms with E-state index in [0.717, 1.165) is 31.3 Å². The Balaban J connectivity index is 1.47. The van der Waals surface area contributed by atoms with Crippen LogP contribution in [0, 0.1) is 33.5 Å². The molecule has 5 heteroatoms. The maximum atomic E-state index is 13.0. The first-order chi connectivity index (χ1) is 12.0. The molecule has 0 heterocycles. The monoisotopic (exact) mass is 358 g/mol. The minimum Gasteiger partial charge on any atom is -0.298 e. The molecule has 0 spiro atoms. The lowest BCUT2D eigenvalue weighted by Gasteiger charge is -2.37. The highest BCUT2D eigenvalue weighted by Gasteiger charge is 2.65. The van der Waals surface area contributed by atoms with E-state index in [4.69, 9.17) is 0 Å². The number of hydrogen-bond donors (Lipinski definition) is 2. The van der Waals surface area contributed by atoms with Crippen molar-refractivity contribution in [3.05, 3.63) is 12.2 Å². The van der Waals surface area contributed by atoms with Crippen molar-refractivity contribution in [2.24, 2.45) is 33.5 Å². The lowest BCUT2D eigenvalue weighted by molar-refractivity contribution is -0.147. The van der Waals surface area contributed by atoms with Crippen molar-refractivity contribution < 1.29 is 14.4 Å². The molecule has 0 saturated heterocycles. The summed E-state index contributed by atoms with van der Waals surface area (Å²) in [5.41, 5.74) is 4.24. The van der Waals surface area contributed by atoms with Gasteiger partial charge in [-0.2, -0.15) is 0 Å². The highest BCUT2D eigenvalue weighted by atomic mass is 16.2. The first-order valence-corrected chi connectivity index (χ1v) is 9.84. The number of hydrazine groups is 1. The molecule has 4 atom stereocenters. The van der Waals surface area contributed by atoms with Crippen molar-refractivity contribution in [2.75, 3.05) is 0 Å². The SMILES string of the molecule is C=C1C2(C(=O)NNC(=O)C34CCC(C3)C(C)(C)C4=O)CCC(C2)C1(C)C. The van der Waals surface area contributed by atoms with E-state index < -0.39 is 16.2 Å². The molecule has 4 fully saturated rings. The standard InChI is InChI=1S/C21H30N2O3/c1-12-18(2,3)13-6-8-20(12,10-13)16(25)22-23-17(26)21-9-7-14(11-21)19(4,5)15(21)24/h13-14H,1,6-11H2,2-5H3,(H,22,25)(H,23,26). The molecule has 0 aromatic rings. The van der Waals surface area contributed by atoms with E-state index in [-0.39, 0.29) is 28.9 Å². The van der Waals surface area contributed by atoms with Gasteiger partial charge in [-0.25, -0.2) is 0 Å². The molecule has 0 aromatic carbocycles. The molecule has 142 valence electrons. The van der Waals surface area contributed by atoms with Crippen molar-refractivity contribution in [3.63, 3.8) is 0 Å². The maximum Gasteiger partial charge on any atom is 0.252 e. The number of nitrogens with one attached hydrogen (secondary N) is 2. The van der Waals surface area contributed by atoms with Gasteiger partial charge in [-0.1, -0.05) is 39.8 Å². The second-order valence-electron chi connectivity index (χ2n) is 10.2. The fourth-order valence-electron chi connectivity index (χ4n) is 6.47. The van der Waals surface area contributed by atoms with E-state index in [9.17, 15) is 14.4 Å². The van der Waals surface area contributed by atoms with Gasteiger partial charge in [-0.3, -0.25) is 25.2 Å². The quantitative estimate of drug-likeness (QED) is 0.453. The highest BCUT2D eigenvalue weighted by molar-refractivity contribution is 6.11. The van der Waals surface area contributed by atoms with Crippen molar-refractivity contribution in [3.8, 4) is 0 Å². The third-order valence-electron chi connectivity index (χ3n) is 8.60. The van der Waals surface area contributed by atoms with E-state index in [1.165, 1.54) is 0 Å². The Kier molecular flexibility index (Phi) is 3.41. The number of Topliss-reactive ketones (excluding diaryl/α,β-unsaturated/α-hetero) is 1. The molecular weight excluding hydrogens is 328 g/mol. The summed E-state index contributed by atoms with van der Waals surface area (Å²) in [6, 6.07) is 0. The molecule has 0 radical (unpaired) electrons. The number of ketones is 1. The van der Waals surface area contributed by atoms with Gasteiger partial charge in [0.15, 0.2) is 5.78 Å². The normalized spacial score (nSPS) is 41.5. The minimum atomic E-state index is -0.955. The summed E-state index contributed by atoms with van der Waals surface area (Å²) >= 11 is 0. The number of hydrogen-bond acceptors (Lipinski definition) is 3. The second kappa shape index (κ2) is 4.99. The van der Waals surface area contributed by atoms with E-state index >= 15 is 0 Å². The number of rotatable bonds is 2. The average molecular weight is 358 g/mol. The third-order valence-corrected chi connectivity index (χ3v) is 8.60. The summed E-state index contributed by atoms with van der Waals surface area (Å²) < 4.78 is 0. The van der Waals surface area contributed by atoms with Gasteiger partial charge in [0.1, 0.15) is 5.41 Å². The molecular formula is C21H30N2O3. The fraction of sp³-hybridized carbons (Fsp3) is 0.762. The first kappa shape index (κ1) is 17.7. The predicted octanol–water partition coefficient (Wildman–Crippen LogP) is 2.91. The van der Waals surface area contributed by atoms with Crippen LogP contribution in [0.15, 0.2) is 12.2 Å². The van der Waals surface area contributed by atoms with E-state index in [2.05, 4.69) is 31.3 Å². The highest BCUT2D eigenvalue weighted by Crippen LogP contribution is 2.65. The summed E-state index contributed by atoms with van der Waals surface area (Å²) in [5.74, 6) is 0.264. The molecule has 26 heavy (non-hydrogen) atoms. The van der Waals surface area contributed by atoms with Crippen LogP contribution in [-0.4, -0.2) is 17.6 Å². The fourth-order valence-corrected chi connectivity index (χ4v) is 6.47. The van der Waals surface area contributed by atoms with Gasteiger partial charge in [0.2, 0.25) is 5.91 Å². The van der Waals surface area contributed by atoms with E-state index in [0.29, 0.717) is 18.8 Å². The van der Waals surface area contributed by atoms with Gasteiger partial charge in [0.05, 0.1) is 5.41 Å². The molecule has 4 aliphatic rings. The van der Waals surface area contributed by atoms with Crippen LogP contribution in [0.1, 0.15) is 66.2 Å². The number of carbonyl (C=O) groups excluding carboxylic acids is 3. The van der Waals surface area contributed by atoms with Crippen molar-refractivity contribution in [2.45, 2.75) is 66.2 Å². The van der Waals surface area contributed by atoms with Crippen LogP contribution < -0.4 is 10.9 Å². The first-order valence-electron chi connectivity index (χ1n) is 9.84. The molecule has 0 aromatic heterocycles. The Hall–Kier alpha value is -1.65. The zero-order chi connectivity index (χ0) is 19.1. The van der Waals surface area contributed by atoms with E-state index in [1.54, 1.807) is 0 Å². The van der Waals surface area contributed by atoms with Gasteiger partial charge < -0.3 is 0 Å². The van der Waals surface area contributed by atoms with Crippen LogP contribution in [0.4, 0.5) is 0 Å². The lowest BCUT2D eigenvalue weighted by atomic mass is 9.68. The Bertz CT molecular complexity index is 676. The molecule has 4 bridgehead atoms. The van der Waals surface area contributed by atoms with Crippen LogP contribution in [-0.2, 0) is 14.4 Å². The summed E-state index contributed by atoms with van der Waals surface area (Å²) in [7, 11) is 0. The summed E-state index contributed by atoms with van der Waals surface area (Å²) in [6.45, 7) is 12.4. The lowest BCUT2D eigenvalue weighted by Crippen LogP contribution is -2.55. The molecule has 4 saturated carbocycles. The topological polar surface area (TPSA) is 75.3 Å². The van der Waals surface area contributed by atoms with Crippen molar-refractivity contribution >= 4 is 17.6 Å². The molecule has 4 rings (SSSR count). The number of amides is 2. The van der Waals surface area contributed by atoms with Crippen LogP contribution in [0.25, 0.3) is 0 Å². The Morgan fingerprint density at radius 2 is 1.35 bits per heavy atom. The number of fused-ring (bicyclic) bond motifs is 4. The second-order valence-corrected chi connectivity index (χ2v) is 10.2. The Morgan fingerprint density at radius 3 is 1.81 bits per heavy atom. The summed E-state index contributed by atoms with van der Waals surface area (Å²) in [6.07, 6.45) is 4.71. The maximum absolute atomic E-state index is 13.0. The smallest absolute Gasteiger partial charge is 0.252 e. The van der Waals surface area contributed by atoms with Crippen LogP contribution in [0.5, 0.6) is 0 Å². The molecule has 4 unspecified atom stereocenters. The zero-order valence-electron chi connectivity index (χ0n) is 16.3. The zero-order valence-corrected chi connectivity index (χ0v) is 16.3. The van der Waals surface area contributed by atoms with Crippen LogP contribution in [0.2, 0.25) is 0 Å². The largest absolute Gasteiger partial charge is 0.298 e. The molecule has 2 N–H and O–H groups in total. The average Bonchev–Trinajstić information content (AvgIpc) is 3.30. The predicted molar refractivity (Wildman–Crippen MR) is 97.5 cm³/mol. The summed E-state index contributed by atoms with van der Waals surface area (Å²) in [5, 5.41) is 0. The van der Waals surface area contributed by atoms with Gasteiger partial charge >= 0.3 is 0 Å². The van der Waals surface area contributed by atoms with Gasteiger partial charge in [0, 0.05) is 5.41 Å². The van der Waals surface area contributed by atoms with Gasteiger partial charge in [0.25, 0.3) is 5.91 Å². The summed E-state index contributed by atoms with van der Waals surface area (Å²) in [4.78, 5) is 38.7. The molecule has 2 amide bonds. The molecule has 0 aliphatic heterocycles. The Morgan fingerprint density at radius 1 is 0.885 bits per heavy atom. The van der Waals surface area contributed by atoms with E-state index in [1.807, 2.05) is 13.8 Å². The van der Waals surface area contributed by atoms with Crippen molar-refractivity contribution in [1.82, 2.24) is 10.9 Å². The van der Waals surface area contributed by atoms with Crippen molar-refractivity contribution in [1.29, 1.82) is 0 Å². The minimum absolute atomic E-state index is 0.0264. The molecule has 4 aliphatic carbocycles.